The maximum absolute atomic E-state index is 13.1. The second-order valence-electron chi connectivity index (χ2n) is 7.36. The Bertz CT molecular complexity index is 782. The van der Waals surface area contributed by atoms with E-state index in [2.05, 4.69) is 14.8 Å². The summed E-state index contributed by atoms with van der Waals surface area (Å²) in [6, 6.07) is 10.5. The van der Waals surface area contributed by atoms with Crippen LogP contribution in [0.25, 0.3) is 0 Å². The number of likely N-dealkylation sites (tertiary alicyclic amines) is 1. The number of hydrogen-bond donors (Lipinski definition) is 0. The monoisotopic (exact) mass is 354 g/mol. The molecule has 2 aliphatic rings. The highest BCUT2D eigenvalue weighted by molar-refractivity contribution is 5.95. The predicted octanol–water partition coefficient (Wildman–Crippen LogP) is 2.14. The Labute approximate surface area is 153 Å². The molecular weight excluding hydrogens is 331 g/mol. The molecule has 1 aromatic carbocycles. The van der Waals surface area contributed by atoms with Gasteiger partial charge in [-0.15, -0.1) is 0 Å². The third-order valence-electron chi connectivity index (χ3n) is 5.62. The number of halogens is 1. The van der Waals surface area contributed by atoms with E-state index in [1.54, 1.807) is 12.4 Å². The fourth-order valence-corrected chi connectivity index (χ4v) is 4.07. The average molecular weight is 354 g/mol. The van der Waals surface area contributed by atoms with Crippen molar-refractivity contribution in [2.45, 2.75) is 18.5 Å². The lowest BCUT2D eigenvalue weighted by molar-refractivity contribution is -0.123. The molecule has 3 heterocycles. The molecule has 2 aliphatic heterocycles. The van der Waals surface area contributed by atoms with E-state index >= 15 is 0 Å². The Kier molecular flexibility index (Phi) is 4.46. The summed E-state index contributed by atoms with van der Waals surface area (Å²) in [6.45, 7) is 3.76. The van der Waals surface area contributed by atoms with Gasteiger partial charge in [-0.05, 0) is 43.3 Å². The van der Waals surface area contributed by atoms with Crippen LogP contribution in [0, 0.1) is 5.82 Å². The number of nitrogens with zero attached hydrogens (tertiary/aromatic N) is 4. The van der Waals surface area contributed by atoms with E-state index in [1.807, 2.05) is 36.2 Å². The molecule has 6 heteroatoms. The van der Waals surface area contributed by atoms with Crippen LogP contribution in [0.15, 0.2) is 48.8 Å². The van der Waals surface area contributed by atoms with Crippen LogP contribution in [0.2, 0.25) is 0 Å². The molecule has 0 bridgehead atoms. The lowest BCUT2D eigenvalue weighted by atomic mass is 9.92. The number of benzene rings is 1. The van der Waals surface area contributed by atoms with Crippen molar-refractivity contribution in [1.29, 1.82) is 0 Å². The molecular formula is C20H23FN4O. The number of aromatic nitrogens is 1. The SMILES string of the molecule is CN1CC(=O)N(c2cccnc2)C[C@]12CCN(Cc1ccc(F)cc1)C2. The molecule has 0 N–H and O–H groups in total. The van der Waals surface area contributed by atoms with E-state index in [9.17, 15) is 9.18 Å². The number of likely N-dealkylation sites (N-methyl/N-ethyl adjacent to an activating group) is 1. The van der Waals surface area contributed by atoms with Crippen molar-refractivity contribution in [3.05, 3.63) is 60.2 Å². The molecule has 0 radical (unpaired) electrons. The first-order chi connectivity index (χ1) is 12.6. The average Bonchev–Trinajstić information content (AvgIpc) is 3.05. The number of pyridine rings is 1. The molecule has 136 valence electrons. The van der Waals surface area contributed by atoms with E-state index in [1.165, 1.54) is 12.1 Å². The van der Waals surface area contributed by atoms with E-state index in [0.717, 1.165) is 37.3 Å². The van der Waals surface area contributed by atoms with Gasteiger partial charge in [0.05, 0.1) is 24.0 Å². The first-order valence-electron chi connectivity index (χ1n) is 8.94. The third kappa shape index (κ3) is 3.22. The van der Waals surface area contributed by atoms with Gasteiger partial charge in [0.25, 0.3) is 0 Å². The second-order valence-corrected chi connectivity index (χ2v) is 7.36. The fourth-order valence-electron chi connectivity index (χ4n) is 4.07. The molecule has 0 unspecified atom stereocenters. The van der Waals surface area contributed by atoms with Crippen molar-refractivity contribution < 1.29 is 9.18 Å². The van der Waals surface area contributed by atoms with Crippen LogP contribution in [0.1, 0.15) is 12.0 Å². The van der Waals surface area contributed by atoms with Gasteiger partial charge in [-0.1, -0.05) is 12.1 Å². The van der Waals surface area contributed by atoms with Gasteiger partial charge in [0.2, 0.25) is 5.91 Å². The maximum Gasteiger partial charge on any atom is 0.241 e. The van der Waals surface area contributed by atoms with Crippen molar-refractivity contribution >= 4 is 11.6 Å². The Morgan fingerprint density at radius 1 is 1.19 bits per heavy atom. The van der Waals surface area contributed by atoms with Crippen molar-refractivity contribution in [1.82, 2.24) is 14.8 Å². The summed E-state index contributed by atoms with van der Waals surface area (Å²) in [5.74, 6) is -0.0904. The number of hydrogen-bond acceptors (Lipinski definition) is 4. The van der Waals surface area contributed by atoms with Gasteiger partial charge in [0, 0.05) is 32.4 Å². The zero-order valence-electron chi connectivity index (χ0n) is 14.9. The van der Waals surface area contributed by atoms with Crippen molar-refractivity contribution in [3.8, 4) is 0 Å². The molecule has 1 amide bonds. The Morgan fingerprint density at radius 3 is 2.73 bits per heavy atom. The van der Waals surface area contributed by atoms with Crippen LogP contribution in [0.4, 0.5) is 10.1 Å². The highest BCUT2D eigenvalue weighted by Gasteiger charge is 2.47. The summed E-state index contributed by atoms with van der Waals surface area (Å²) in [5.41, 5.74) is 1.92. The fraction of sp³-hybridized carbons (Fsp3) is 0.400. The van der Waals surface area contributed by atoms with E-state index in [0.29, 0.717) is 13.1 Å². The summed E-state index contributed by atoms with van der Waals surface area (Å²) < 4.78 is 13.1. The van der Waals surface area contributed by atoms with Crippen molar-refractivity contribution in [2.24, 2.45) is 0 Å². The molecule has 26 heavy (non-hydrogen) atoms. The lowest BCUT2D eigenvalue weighted by Gasteiger charge is -2.46. The minimum atomic E-state index is -0.204. The molecule has 1 aromatic heterocycles. The van der Waals surface area contributed by atoms with Crippen LogP contribution in [-0.4, -0.2) is 59.5 Å². The molecule has 5 nitrogen and oxygen atoms in total. The lowest BCUT2D eigenvalue weighted by Crippen LogP contribution is -2.64. The molecule has 0 aliphatic carbocycles. The first-order valence-corrected chi connectivity index (χ1v) is 8.94. The molecule has 2 fully saturated rings. The van der Waals surface area contributed by atoms with Crippen LogP contribution in [0.3, 0.4) is 0 Å². The van der Waals surface area contributed by atoms with Crippen LogP contribution < -0.4 is 4.90 Å². The molecule has 2 saturated heterocycles. The Balaban J connectivity index is 1.50. The van der Waals surface area contributed by atoms with Crippen LogP contribution in [-0.2, 0) is 11.3 Å². The first kappa shape index (κ1) is 17.1. The quantitative estimate of drug-likeness (QED) is 0.847. The van der Waals surface area contributed by atoms with Crippen molar-refractivity contribution in [2.75, 3.05) is 38.1 Å². The van der Waals surface area contributed by atoms with Gasteiger partial charge in [0.15, 0.2) is 0 Å². The summed E-state index contributed by atoms with van der Waals surface area (Å²) in [7, 11) is 2.04. The minimum absolute atomic E-state index is 0.0518. The molecule has 2 aromatic rings. The standard InChI is InChI=1S/C20H23FN4O/c1-23-13-19(26)25(18-3-2-9-22-11-18)15-20(23)8-10-24(14-20)12-16-4-6-17(21)7-5-16/h2-7,9,11H,8,10,12-15H2,1H3/t20-/m1/s1. The van der Waals surface area contributed by atoms with Gasteiger partial charge in [0.1, 0.15) is 5.82 Å². The number of amides is 1. The minimum Gasteiger partial charge on any atom is -0.308 e. The number of rotatable bonds is 3. The Hall–Kier alpha value is -2.31. The third-order valence-corrected chi connectivity index (χ3v) is 5.62. The van der Waals surface area contributed by atoms with Gasteiger partial charge in [-0.2, -0.15) is 0 Å². The topological polar surface area (TPSA) is 39.7 Å². The van der Waals surface area contributed by atoms with E-state index < -0.39 is 0 Å². The highest BCUT2D eigenvalue weighted by Crippen LogP contribution is 2.33. The summed E-state index contributed by atoms with van der Waals surface area (Å²) in [6.07, 6.45) is 4.48. The number of anilines is 1. The zero-order valence-corrected chi connectivity index (χ0v) is 14.9. The van der Waals surface area contributed by atoms with Gasteiger partial charge in [-0.3, -0.25) is 19.6 Å². The summed E-state index contributed by atoms with van der Waals surface area (Å²) in [5, 5.41) is 0. The Morgan fingerprint density at radius 2 is 2.00 bits per heavy atom. The zero-order chi connectivity index (χ0) is 18.1. The normalized spacial score (nSPS) is 24.5. The van der Waals surface area contributed by atoms with Crippen molar-refractivity contribution in [3.63, 3.8) is 0 Å². The summed E-state index contributed by atoms with van der Waals surface area (Å²) in [4.78, 5) is 23.2. The smallest absolute Gasteiger partial charge is 0.241 e. The van der Waals surface area contributed by atoms with Crippen LogP contribution in [0.5, 0.6) is 0 Å². The van der Waals surface area contributed by atoms with Gasteiger partial charge < -0.3 is 4.90 Å². The number of piperazine rings is 1. The molecule has 1 atom stereocenters. The second kappa shape index (κ2) is 6.78. The van der Waals surface area contributed by atoms with Crippen LogP contribution >= 0.6 is 0 Å². The molecule has 0 saturated carbocycles. The summed E-state index contributed by atoms with van der Waals surface area (Å²) >= 11 is 0. The van der Waals surface area contributed by atoms with Gasteiger partial charge in [-0.25, -0.2) is 4.39 Å². The highest BCUT2D eigenvalue weighted by atomic mass is 19.1. The number of carbonyl (C=O) groups excluding carboxylic acids is 1. The molecule has 4 rings (SSSR count). The van der Waals surface area contributed by atoms with Gasteiger partial charge >= 0.3 is 0 Å². The van der Waals surface area contributed by atoms with E-state index in [-0.39, 0.29) is 17.3 Å². The molecule has 1 spiro atoms. The largest absolute Gasteiger partial charge is 0.308 e. The predicted molar refractivity (Wildman–Crippen MR) is 98.2 cm³/mol. The number of carbonyl (C=O) groups is 1. The van der Waals surface area contributed by atoms with E-state index in [4.69, 9.17) is 0 Å². The maximum atomic E-state index is 13.1.